The molecule has 2 aromatic carbocycles. The van der Waals surface area contributed by atoms with Gasteiger partial charge in [0, 0.05) is 18.4 Å². The van der Waals surface area contributed by atoms with Crippen LogP contribution in [0.15, 0.2) is 48.5 Å². The van der Waals surface area contributed by atoms with Gasteiger partial charge in [-0.25, -0.2) is 4.79 Å². The quantitative estimate of drug-likeness (QED) is 0.605. The first kappa shape index (κ1) is 20.9. The van der Waals surface area contributed by atoms with E-state index in [1.165, 1.54) is 0 Å². The summed E-state index contributed by atoms with van der Waals surface area (Å²) in [5, 5.41) is 14.4. The van der Waals surface area contributed by atoms with Crippen molar-refractivity contribution in [1.82, 2.24) is 10.6 Å². The first-order valence-electron chi connectivity index (χ1n) is 10.7. The van der Waals surface area contributed by atoms with E-state index in [2.05, 4.69) is 22.8 Å². The molecule has 2 aromatic rings. The smallest absolute Gasteiger partial charge is 0.407 e. The minimum absolute atomic E-state index is 0.0120. The van der Waals surface area contributed by atoms with Gasteiger partial charge in [-0.3, -0.25) is 9.59 Å². The first-order valence-corrected chi connectivity index (χ1v) is 10.7. The van der Waals surface area contributed by atoms with E-state index >= 15 is 0 Å². The molecule has 0 heterocycles. The van der Waals surface area contributed by atoms with Crippen LogP contribution in [0.3, 0.4) is 0 Å². The highest BCUT2D eigenvalue weighted by Gasteiger charge is 2.30. The molecule has 4 rings (SSSR count). The van der Waals surface area contributed by atoms with Gasteiger partial charge in [0.25, 0.3) is 0 Å². The molecule has 2 amide bonds. The number of carbonyl (C=O) groups excluding carboxylic acids is 2. The Hall–Kier alpha value is -3.35. The molecule has 0 aliphatic heterocycles. The van der Waals surface area contributed by atoms with E-state index < -0.39 is 18.1 Å². The molecule has 1 atom stereocenters. The number of carboxylic acid groups (broad SMARTS) is 1. The predicted octanol–water partition coefficient (Wildman–Crippen LogP) is 3.43. The molecule has 31 heavy (non-hydrogen) atoms. The third kappa shape index (κ3) is 4.71. The van der Waals surface area contributed by atoms with Crippen LogP contribution in [0.1, 0.15) is 49.1 Å². The predicted molar refractivity (Wildman–Crippen MR) is 115 cm³/mol. The lowest BCUT2D eigenvalue weighted by atomic mass is 9.93. The van der Waals surface area contributed by atoms with Gasteiger partial charge >= 0.3 is 12.1 Å². The van der Waals surface area contributed by atoms with Crippen molar-refractivity contribution >= 4 is 18.0 Å². The maximum atomic E-state index is 12.5. The molecule has 2 aliphatic carbocycles. The Balaban J connectivity index is 1.40. The summed E-state index contributed by atoms with van der Waals surface area (Å²) in [6, 6.07) is 15.2. The van der Waals surface area contributed by atoms with Crippen LogP contribution >= 0.6 is 0 Å². The number of hydrogen-bond donors (Lipinski definition) is 3. The van der Waals surface area contributed by atoms with Crippen LogP contribution in [0.25, 0.3) is 11.1 Å². The van der Waals surface area contributed by atoms with Gasteiger partial charge in [0.15, 0.2) is 0 Å². The van der Waals surface area contributed by atoms with Gasteiger partial charge < -0.3 is 20.5 Å². The topological polar surface area (TPSA) is 105 Å². The second kappa shape index (κ2) is 9.20. The average molecular weight is 422 g/mol. The molecule has 1 saturated carbocycles. The number of benzene rings is 2. The maximum Gasteiger partial charge on any atom is 0.407 e. The number of alkyl carbamates (subject to hydrolysis) is 1. The summed E-state index contributed by atoms with van der Waals surface area (Å²) in [6.07, 6.45) is 1.95. The number of nitrogens with one attached hydrogen (secondary N) is 2. The fourth-order valence-corrected chi connectivity index (χ4v) is 4.17. The summed E-state index contributed by atoms with van der Waals surface area (Å²) in [7, 11) is 0. The van der Waals surface area contributed by atoms with E-state index in [-0.39, 0.29) is 37.3 Å². The Morgan fingerprint density at radius 1 is 1.00 bits per heavy atom. The zero-order chi connectivity index (χ0) is 21.8. The Kier molecular flexibility index (Phi) is 6.21. The number of amides is 2. The standard InChI is InChI=1S/C24H26N2O5/c27-22(28)13-12-21(23(29)25-15-6-5-7-15)26-24(30)31-14-20-18-10-3-1-8-16(18)17-9-2-4-11-19(17)20/h1-4,8-11,15,20-21H,5-7,12-14H2,(H,25,29)(H,26,30)(H,27,28). The van der Waals surface area contributed by atoms with E-state index in [1.54, 1.807) is 0 Å². The van der Waals surface area contributed by atoms with E-state index in [9.17, 15) is 14.4 Å². The van der Waals surface area contributed by atoms with Gasteiger partial charge in [0.1, 0.15) is 12.6 Å². The summed E-state index contributed by atoms with van der Waals surface area (Å²) in [4.78, 5) is 36.0. The molecule has 1 unspecified atom stereocenters. The van der Waals surface area contributed by atoms with Crippen molar-refractivity contribution in [2.45, 2.75) is 50.1 Å². The van der Waals surface area contributed by atoms with Crippen LogP contribution in [-0.4, -0.2) is 41.8 Å². The number of ether oxygens (including phenoxy) is 1. The number of hydrogen-bond acceptors (Lipinski definition) is 4. The minimum Gasteiger partial charge on any atom is -0.481 e. The van der Waals surface area contributed by atoms with Crippen molar-refractivity contribution in [2.75, 3.05) is 6.61 Å². The van der Waals surface area contributed by atoms with Gasteiger partial charge in [0.2, 0.25) is 5.91 Å². The van der Waals surface area contributed by atoms with Crippen molar-refractivity contribution in [3.8, 4) is 11.1 Å². The average Bonchev–Trinajstić information content (AvgIpc) is 3.06. The van der Waals surface area contributed by atoms with E-state index in [1.807, 2.05) is 36.4 Å². The fraction of sp³-hybridized carbons (Fsp3) is 0.375. The summed E-state index contributed by atoms with van der Waals surface area (Å²) in [6.45, 7) is 0.135. The number of aliphatic carboxylic acids is 1. The maximum absolute atomic E-state index is 12.5. The van der Waals surface area contributed by atoms with Gasteiger partial charge in [-0.1, -0.05) is 48.5 Å². The van der Waals surface area contributed by atoms with E-state index in [0.29, 0.717) is 0 Å². The Labute approximate surface area is 180 Å². The monoisotopic (exact) mass is 422 g/mol. The lowest BCUT2D eigenvalue weighted by molar-refractivity contribution is -0.137. The van der Waals surface area contributed by atoms with Crippen molar-refractivity contribution < 1.29 is 24.2 Å². The van der Waals surface area contributed by atoms with Crippen LogP contribution in [0, 0.1) is 0 Å². The van der Waals surface area contributed by atoms with E-state index in [4.69, 9.17) is 9.84 Å². The highest BCUT2D eigenvalue weighted by Crippen LogP contribution is 2.44. The Morgan fingerprint density at radius 2 is 1.61 bits per heavy atom. The van der Waals surface area contributed by atoms with Crippen molar-refractivity contribution in [3.05, 3.63) is 59.7 Å². The molecule has 2 aliphatic rings. The largest absolute Gasteiger partial charge is 0.481 e. The van der Waals surface area contributed by atoms with E-state index in [0.717, 1.165) is 41.5 Å². The van der Waals surface area contributed by atoms with Crippen LogP contribution in [0.2, 0.25) is 0 Å². The molecule has 1 fully saturated rings. The summed E-state index contributed by atoms with van der Waals surface area (Å²) in [5.74, 6) is -1.46. The van der Waals surface area contributed by atoms with Crippen molar-refractivity contribution in [1.29, 1.82) is 0 Å². The molecule has 162 valence electrons. The highest BCUT2D eigenvalue weighted by atomic mass is 16.5. The normalized spacial score (nSPS) is 15.9. The zero-order valence-electron chi connectivity index (χ0n) is 17.2. The molecule has 0 bridgehead atoms. The number of rotatable bonds is 8. The van der Waals surface area contributed by atoms with Gasteiger partial charge in [-0.15, -0.1) is 0 Å². The number of carboxylic acids is 1. The molecule has 0 spiro atoms. The van der Waals surface area contributed by atoms with Crippen LogP contribution in [0.5, 0.6) is 0 Å². The summed E-state index contributed by atoms with van der Waals surface area (Å²) >= 11 is 0. The van der Waals surface area contributed by atoms with Crippen molar-refractivity contribution in [2.24, 2.45) is 0 Å². The molecule has 3 N–H and O–H groups in total. The van der Waals surface area contributed by atoms with Crippen LogP contribution < -0.4 is 10.6 Å². The number of carbonyl (C=O) groups is 3. The van der Waals surface area contributed by atoms with Gasteiger partial charge in [-0.2, -0.15) is 0 Å². The third-order valence-electron chi connectivity index (χ3n) is 6.05. The Bertz CT molecular complexity index is 940. The molecule has 0 saturated heterocycles. The Morgan fingerprint density at radius 3 is 2.16 bits per heavy atom. The summed E-state index contributed by atoms with van der Waals surface area (Å²) in [5.41, 5.74) is 4.46. The molecule has 0 aromatic heterocycles. The SMILES string of the molecule is O=C(O)CCC(NC(=O)OCC1c2ccccc2-c2ccccc21)C(=O)NC1CCC1. The first-order chi connectivity index (χ1) is 15.0. The number of fused-ring (bicyclic) bond motifs is 3. The van der Waals surface area contributed by atoms with Crippen LogP contribution in [-0.2, 0) is 14.3 Å². The molecule has 7 nitrogen and oxygen atoms in total. The zero-order valence-corrected chi connectivity index (χ0v) is 17.2. The lowest BCUT2D eigenvalue weighted by Gasteiger charge is -2.28. The molecule has 0 radical (unpaired) electrons. The fourth-order valence-electron chi connectivity index (χ4n) is 4.17. The molecular weight excluding hydrogens is 396 g/mol. The second-order valence-electron chi connectivity index (χ2n) is 8.09. The van der Waals surface area contributed by atoms with Gasteiger partial charge in [0.05, 0.1) is 0 Å². The second-order valence-corrected chi connectivity index (χ2v) is 8.09. The molecule has 7 heteroatoms. The van der Waals surface area contributed by atoms with Gasteiger partial charge in [-0.05, 0) is 47.9 Å². The highest BCUT2D eigenvalue weighted by molar-refractivity contribution is 5.86. The third-order valence-corrected chi connectivity index (χ3v) is 6.05. The van der Waals surface area contributed by atoms with Crippen molar-refractivity contribution in [3.63, 3.8) is 0 Å². The molecular formula is C24H26N2O5. The lowest BCUT2D eigenvalue weighted by Crippen LogP contribution is -2.51. The van der Waals surface area contributed by atoms with Crippen LogP contribution in [0.4, 0.5) is 4.79 Å². The minimum atomic E-state index is -1.02. The summed E-state index contributed by atoms with van der Waals surface area (Å²) < 4.78 is 5.49.